The van der Waals surface area contributed by atoms with E-state index in [1.165, 1.54) is 12.0 Å². The fraction of sp³-hybridized carbons (Fsp3) is 0.200. The molecule has 0 radical (unpaired) electrons. The van der Waals surface area contributed by atoms with Gasteiger partial charge in [-0.2, -0.15) is 0 Å². The number of rotatable bonds is 6. The number of nitrogens with zero attached hydrogens (tertiary/aromatic N) is 3. The number of H-pyrrole nitrogens is 1. The summed E-state index contributed by atoms with van der Waals surface area (Å²) in [5.41, 5.74) is 5.18. The van der Waals surface area contributed by atoms with Crippen molar-refractivity contribution in [3.63, 3.8) is 0 Å². The van der Waals surface area contributed by atoms with E-state index < -0.39 is 5.97 Å². The van der Waals surface area contributed by atoms with E-state index in [4.69, 9.17) is 9.73 Å². The lowest BCUT2D eigenvalue weighted by atomic mass is 10.00. The topological polar surface area (TPSA) is 115 Å². The molecule has 2 amide bonds. The minimum Gasteiger partial charge on any atom is -0.494 e. The highest BCUT2D eigenvalue weighted by Crippen LogP contribution is 2.35. The van der Waals surface area contributed by atoms with Crippen LogP contribution >= 0.6 is 0 Å². The van der Waals surface area contributed by atoms with Crippen LogP contribution in [-0.2, 0) is 20.7 Å². The summed E-state index contributed by atoms with van der Waals surface area (Å²) in [6.07, 6.45) is 0.470. The van der Waals surface area contributed by atoms with Crippen molar-refractivity contribution in [2.24, 2.45) is 4.99 Å². The summed E-state index contributed by atoms with van der Waals surface area (Å²) in [5.74, 6) is -1.01. The number of esters is 1. The second kappa shape index (κ2) is 10.4. The predicted octanol–water partition coefficient (Wildman–Crippen LogP) is 4.20. The lowest BCUT2D eigenvalue weighted by molar-refractivity contribution is -0.133. The van der Waals surface area contributed by atoms with Crippen molar-refractivity contribution in [1.29, 1.82) is 0 Å². The van der Waals surface area contributed by atoms with Crippen molar-refractivity contribution in [1.82, 2.24) is 9.88 Å². The number of anilines is 1. The quantitative estimate of drug-likeness (QED) is 0.223. The highest BCUT2D eigenvalue weighted by atomic mass is 16.5. The molecule has 1 aliphatic rings. The van der Waals surface area contributed by atoms with Gasteiger partial charge in [0.15, 0.2) is 5.88 Å². The Morgan fingerprint density at radius 1 is 1.03 bits per heavy atom. The van der Waals surface area contributed by atoms with Gasteiger partial charge in [-0.25, -0.2) is 9.79 Å². The Balaban J connectivity index is 1.55. The molecule has 4 aromatic rings. The van der Waals surface area contributed by atoms with Crippen LogP contribution in [0.1, 0.15) is 33.5 Å². The molecule has 0 saturated carbocycles. The SMILES string of the molecule is COC(=O)c1ccc2c(C(=Nc3ccc4c(c3)CCN4C(=O)CC(=O)N(C)C)c3ccccc3)c(O)[nH]c2c1. The summed E-state index contributed by atoms with van der Waals surface area (Å²) in [6.45, 7) is 0.499. The Labute approximate surface area is 225 Å². The van der Waals surface area contributed by atoms with E-state index in [1.54, 1.807) is 37.2 Å². The molecule has 0 atom stereocenters. The van der Waals surface area contributed by atoms with Gasteiger partial charge >= 0.3 is 5.97 Å². The maximum absolute atomic E-state index is 12.8. The molecule has 39 heavy (non-hydrogen) atoms. The first kappa shape index (κ1) is 25.7. The summed E-state index contributed by atoms with van der Waals surface area (Å²) in [4.78, 5) is 47.8. The Hall–Kier alpha value is -4.92. The van der Waals surface area contributed by atoms with Crippen molar-refractivity contribution < 1.29 is 24.2 Å². The zero-order valence-electron chi connectivity index (χ0n) is 21.9. The maximum Gasteiger partial charge on any atom is 0.337 e. The van der Waals surface area contributed by atoms with Gasteiger partial charge in [0.25, 0.3) is 0 Å². The molecular formula is C30H28N4O5. The third-order valence-electron chi connectivity index (χ3n) is 6.79. The normalized spacial score (nSPS) is 12.9. The van der Waals surface area contributed by atoms with Crippen LogP contribution in [0.2, 0.25) is 0 Å². The van der Waals surface area contributed by atoms with E-state index in [9.17, 15) is 19.5 Å². The van der Waals surface area contributed by atoms with E-state index in [1.807, 2.05) is 48.5 Å². The summed E-state index contributed by atoms with van der Waals surface area (Å²) in [6, 6.07) is 20.2. The Morgan fingerprint density at radius 2 is 1.79 bits per heavy atom. The number of aromatic amines is 1. The standard InChI is InChI=1S/C30H28N4O5/c1-33(2)25(35)17-26(36)34-14-13-19-15-21(10-12-24(19)34)31-28(18-7-5-4-6-8-18)27-22-11-9-20(30(38)39-3)16-23(22)32-29(27)37/h4-12,15-16,32,37H,13-14,17H2,1-3H3. The smallest absolute Gasteiger partial charge is 0.337 e. The molecule has 1 aliphatic heterocycles. The van der Waals surface area contributed by atoms with Crippen LogP contribution in [0, 0.1) is 0 Å². The number of hydrogen-bond acceptors (Lipinski definition) is 6. The van der Waals surface area contributed by atoms with Crippen molar-refractivity contribution in [3.05, 3.63) is 89.0 Å². The number of fused-ring (bicyclic) bond motifs is 2. The van der Waals surface area contributed by atoms with Crippen LogP contribution in [0.15, 0.2) is 71.7 Å². The number of aliphatic imine (C=N–C) groups is 1. The van der Waals surface area contributed by atoms with Crippen LogP contribution in [0.25, 0.3) is 10.9 Å². The molecule has 0 spiro atoms. The average Bonchev–Trinajstić information content (AvgIpc) is 3.51. The largest absolute Gasteiger partial charge is 0.494 e. The zero-order chi connectivity index (χ0) is 27.7. The number of carbonyl (C=O) groups excluding carboxylic acids is 3. The first-order chi connectivity index (χ1) is 18.8. The average molecular weight is 525 g/mol. The molecule has 0 saturated heterocycles. The van der Waals surface area contributed by atoms with Crippen LogP contribution in [0.5, 0.6) is 5.88 Å². The van der Waals surface area contributed by atoms with Gasteiger partial charge in [-0.3, -0.25) is 9.59 Å². The molecule has 0 aliphatic carbocycles. The third kappa shape index (κ3) is 4.98. The van der Waals surface area contributed by atoms with Crippen LogP contribution in [0.4, 0.5) is 11.4 Å². The second-order valence-electron chi connectivity index (χ2n) is 9.50. The van der Waals surface area contributed by atoms with Gasteiger partial charge < -0.3 is 24.6 Å². The molecule has 3 aromatic carbocycles. The number of ether oxygens (including phenoxy) is 1. The summed E-state index contributed by atoms with van der Waals surface area (Å²) >= 11 is 0. The lowest BCUT2D eigenvalue weighted by Crippen LogP contribution is -2.34. The molecule has 0 fully saturated rings. The number of benzene rings is 3. The molecular weight excluding hydrogens is 496 g/mol. The van der Waals surface area contributed by atoms with Gasteiger partial charge in [0.2, 0.25) is 11.8 Å². The van der Waals surface area contributed by atoms with Gasteiger partial charge in [-0.05, 0) is 42.3 Å². The highest BCUT2D eigenvalue weighted by Gasteiger charge is 2.27. The van der Waals surface area contributed by atoms with Crippen molar-refractivity contribution in [2.45, 2.75) is 12.8 Å². The molecule has 0 unspecified atom stereocenters. The number of aromatic nitrogens is 1. The van der Waals surface area contributed by atoms with E-state index in [2.05, 4.69) is 4.98 Å². The van der Waals surface area contributed by atoms with Crippen LogP contribution in [0.3, 0.4) is 0 Å². The van der Waals surface area contributed by atoms with Crippen molar-refractivity contribution in [2.75, 3.05) is 32.6 Å². The minimum absolute atomic E-state index is 0.0712. The zero-order valence-corrected chi connectivity index (χ0v) is 21.9. The number of hydrogen-bond donors (Lipinski definition) is 2. The minimum atomic E-state index is -0.471. The number of aromatic hydroxyl groups is 1. The fourth-order valence-corrected chi connectivity index (χ4v) is 4.76. The molecule has 198 valence electrons. The Bertz CT molecular complexity index is 1620. The van der Waals surface area contributed by atoms with Gasteiger partial charge in [-0.1, -0.05) is 36.4 Å². The van der Waals surface area contributed by atoms with Crippen LogP contribution < -0.4 is 4.90 Å². The van der Waals surface area contributed by atoms with Gasteiger partial charge in [0.1, 0.15) is 6.42 Å². The van der Waals surface area contributed by atoms with Crippen molar-refractivity contribution in [3.8, 4) is 5.88 Å². The van der Waals surface area contributed by atoms with Crippen molar-refractivity contribution >= 4 is 45.8 Å². The summed E-state index contributed by atoms with van der Waals surface area (Å²) < 4.78 is 4.82. The molecule has 1 aromatic heterocycles. The van der Waals surface area contributed by atoms with E-state index in [0.29, 0.717) is 46.4 Å². The number of carbonyl (C=O) groups is 3. The first-order valence-corrected chi connectivity index (χ1v) is 12.5. The number of amides is 2. The second-order valence-corrected chi connectivity index (χ2v) is 9.50. The highest BCUT2D eigenvalue weighted by molar-refractivity contribution is 6.22. The molecule has 5 rings (SSSR count). The molecule has 0 bridgehead atoms. The molecule has 9 heteroatoms. The molecule has 9 nitrogen and oxygen atoms in total. The summed E-state index contributed by atoms with van der Waals surface area (Å²) in [5, 5.41) is 11.7. The fourth-order valence-electron chi connectivity index (χ4n) is 4.76. The van der Waals surface area contributed by atoms with E-state index in [0.717, 1.165) is 16.8 Å². The van der Waals surface area contributed by atoms with Gasteiger partial charge in [-0.15, -0.1) is 0 Å². The monoisotopic (exact) mass is 524 g/mol. The number of nitrogens with one attached hydrogen (secondary N) is 1. The predicted molar refractivity (Wildman–Crippen MR) is 149 cm³/mol. The van der Waals surface area contributed by atoms with Gasteiger partial charge in [0, 0.05) is 42.8 Å². The van der Waals surface area contributed by atoms with E-state index >= 15 is 0 Å². The molecule has 2 N–H and O–H groups in total. The van der Waals surface area contributed by atoms with Crippen LogP contribution in [-0.4, -0.2) is 66.2 Å². The lowest BCUT2D eigenvalue weighted by Gasteiger charge is -2.18. The Kier molecular flexibility index (Phi) is 6.89. The van der Waals surface area contributed by atoms with E-state index in [-0.39, 0.29) is 24.1 Å². The maximum atomic E-state index is 12.8. The van der Waals surface area contributed by atoms with Gasteiger partial charge in [0.05, 0.1) is 29.6 Å². The first-order valence-electron chi connectivity index (χ1n) is 12.5. The summed E-state index contributed by atoms with van der Waals surface area (Å²) in [7, 11) is 4.58. The number of methoxy groups -OCH3 is 1. The molecule has 2 heterocycles. The Morgan fingerprint density at radius 3 is 2.51 bits per heavy atom. The third-order valence-corrected chi connectivity index (χ3v) is 6.79.